The first kappa shape index (κ1) is 24.2. The molecule has 0 bridgehead atoms. The summed E-state index contributed by atoms with van der Waals surface area (Å²) in [6, 6.07) is 6.92. The highest BCUT2D eigenvalue weighted by atomic mass is 19.1. The summed E-state index contributed by atoms with van der Waals surface area (Å²) >= 11 is 0. The summed E-state index contributed by atoms with van der Waals surface area (Å²) in [4.78, 5) is 20.1. The molecule has 0 saturated carbocycles. The standard InChI is InChI=1S/C27H30F2N6O/c1-16-9-19(10-17(2)32-16)18(3)33-26(36)24-25(35-8-6-27(15-35)5-4-7-30-27)23(14-31-34-24)20-11-21(28)13-22(29)12-20/h9-14,18,30H,4-8,15H2,1-3H3,(H,33,36)/t18-,27+/m1/s1. The van der Waals surface area contributed by atoms with Crippen LogP contribution in [0.2, 0.25) is 0 Å². The van der Waals surface area contributed by atoms with E-state index in [1.807, 2.05) is 32.9 Å². The van der Waals surface area contributed by atoms with E-state index in [0.717, 1.165) is 48.8 Å². The van der Waals surface area contributed by atoms with Crippen LogP contribution in [0.25, 0.3) is 11.1 Å². The van der Waals surface area contributed by atoms with Crippen molar-refractivity contribution in [3.63, 3.8) is 0 Å². The molecule has 7 nitrogen and oxygen atoms in total. The molecule has 1 aromatic carbocycles. The molecular weight excluding hydrogens is 462 g/mol. The molecule has 2 atom stereocenters. The van der Waals surface area contributed by atoms with Crippen LogP contribution >= 0.6 is 0 Å². The number of amides is 1. The van der Waals surface area contributed by atoms with Gasteiger partial charge in [0.2, 0.25) is 0 Å². The van der Waals surface area contributed by atoms with Crippen LogP contribution in [0.15, 0.2) is 36.5 Å². The third-order valence-corrected chi connectivity index (χ3v) is 7.17. The van der Waals surface area contributed by atoms with Crippen molar-refractivity contribution in [2.75, 3.05) is 24.5 Å². The van der Waals surface area contributed by atoms with Crippen molar-refractivity contribution in [3.05, 3.63) is 70.8 Å². The Morgan fingerprint density at radius 3 is 2.50 bits per heavy atom. The van der Waals surface area contributed by atoms with Gasteiger partial charge >= 0.3 is 0 Å². The van der Waals surface area contributed by atoms with E-state index < -0.39 is 17.5 Å². The Morgan fingerprint density at radius 2 is 1.83 bits per heavy atom. The van der Waals surface area contributed by atoms with Crippen molar-refractivity contribution < 1.29 is 13.6 Å². The molecule has 3 aromatic rings. The van der Waals surface area contributed by atoms with Crippen LogP contribution in [0, 0.1) is 25.5 Å². The van der Waals surface area contributed by atoms with Crippen molar-refractivity contribution in [2.45, 2.75) is 51.6 Å². The molecule has 36 heavy (non-hydrogen) atoms. The minimum Gasteiger partial charge on any atom is -0.367 e. The Balaban J connectivity index is 1.54. The molecule has 0 aliphatic carbocycles. The summed E-state index contributed by atoms with van der Waals surface area (Å²) in [5.74, 6) is -1.77. The first-order chi connectivity index (χ1) is 17.2. The molecule has 1 spiro atoms. The van der Waals surface area contributed by atoms with Gasteiger partial charge in [-0.25, -0.2) is 8.78 Å². The zero-order chi connectivity index (χ0) is 25.4. The zero-order valence-electron chi connectivity index (χ0n) is 20.7. The van der Waals surface area contributed by atoms with Crippen LogP contribution in [0.3, 0.4) is 0 Å². The maximum absolute atomic E-state index is 14.2. The average molecular weight is 493 g/mol. The van der Waals surface area contributed by atoms with E-state index in [9.17, 15) is 13.6 Å². The van der Waals surface area contributed by atoms with E-state index in [1.54, 1.807) is 0 Å². The van der Waals surface area contributed by atoms with E-state index in [1.165, 1.54) is 18.3 Å². The lowest BCUT2D eigenvalue weighted by atomic mass is 9.97. The van der Waals surface area contributed by atoms with Crippen molar-refractivity contribution in [1.82, 2.24) is 25.8 Å². The number of rotatable bonds is 5. The smallest absolute Gasteiger partial charge is 0.274 e. The minimum absolute atomic E-state index is 0.0269. The molecule has 2 aliphatic rings. The maximum atomic E-state index is 14.2. The first-order valence-electron chi connectivity index (χ1n) is 12.3. The lowest BCUT2D eigenvalue weighted by Crippen LogP contribution is -2.42. The van der Waals surface area contributed by atoms with Gasteiger partial charge in [0.25, 0.3) is 5.91 Å². The van der Waals surface area contributed by atoms with Gasteiger partial charge in [-0.15, -0.1) is 5.10 Å². The van der Waals surface area contributed by atoms with Gasteiger partial charge in [-0.3, -0.25) is 9.78 Å². The van der Waals surface area contributed by atoms with Crippen molar-refractivity contribution >= 4 is 11.6 Å². The monoisotopic (exact) mass is 492 g/mol. The highest BCUT2D eigenvalue weighted by Crippen LogP contribution is 2.39. The number of nitrogens with zero attached hydrogens (tertiary/aromatic N) is 4. The number of hydrogen-bond acceptors (Lipinski definition) is 6. The summed E-state index contributed by atoms with van der Waals surface area (Å²) in [5.41, 5.74) is 4.13. The van der Waals surface area contributed by atoms with Crippen molar-refractivity contribution in [2.24, 2.45) is 0 Å². The van der Waals surface area contributed by atoms with Gasteiger partial charge in [0, 0.05) is 41.6 Å². The molecule has 2 fully saturated rings. The van der Waals surface area contributed by atoms with E-state index >= 15 is 0 Å². The molecule has 4 heterocycles. The Kier molecular flexibility index (Phi) is 6.42. The summed E-state index contributed by atoms with van der Waals surface area (Å²) in [6.45, 7) is 8.06. The topological polar surface area (TPSA) is 83.0 Å². The van der Waals surface area contributed by atoms with Gasteiger partial charge in [0.05, 0.1) is 17.9 Å². The summed E-state index contributed by atoms with van der Waals surface area (Å²) in [6.07, 6.45) is 4.54. The fourth-order valence-corrected chi connectivity index (χ4v) is 5.52. The predicted molar refractivity (Wildman–Crippen MR) is 134 cm³/mol. The zero-order valence-corrected chi connectivity index (χ0v) is 20.7. The van der Waals surface area contributed by atoms with Crippen LogP contribution in [0.4, 0.5) is 14.5 Å². The lowest BCUT2D eigenvalue weighted by Gasteiger charge is -2.28. The minimum atomic E-state index is -0.689. The van der Waals surface area contributed by atoms with Gasteiger partial charge in [0.15, 0.2) is 5.69 Å². The Morgan fingerprint density at radius 1 is 1.11 bits per heavy atom. The van der Waals surface area contributed by atoms with Gasteiger partial charge in [0.1, 0.15) is 11.6 Å². The number of carbonyl (C=O) groups is 1. The van der Waals surface area contributed by atoms with Crippen molar-refractivity contribution in [3.8, 4) is 11.1 Å². The van der Waals surface area contributed by atoms with E-state index in [4.69, 9.17) is 0 Å². The molecule has 1 amide bonds. The SMILES string of the molecule is Cc1cc([C@@H](C)NC(=O)c2nncc(-c3cc(F)cc(F)c3)c2N2CC[C@@]3(CCCN3)C2)cc(C)n1. The molecule has 2 aromatic heterocycles. The first-order valence-corrected chi connectivity index (χ1v) is 12.3. The molecule has 5 rings (SSSR count). The second-order valence-corrected chi connectivity index (χ2v) is 9.97. The molecule has 2 N–H and O–H groups in total. The largest absolute Gasteiger partial charge is 0.367 e. The number of hydrogen-bond donors (Lipinski definition) is 2. The molecule has 0 unspecified atom stereocenters. The Bertz CT molecular complexity index is 1270. The van der Waals surface area contributed by atoms with Gasteiger partial charge < -0.3 is 15.5 Å². The Labute approximate surface area is 209 Å². The molecule has 2 aliphatic heterocycles. The number of carbonyl (C=O) groups excluding carboxylic acids is 1. The van der Waals surface area contributed by atoms with Crippen LogP contribution in [0.1, 0.15) is 59.7 Å². The predicted octanol–water partition coefficient (Wildman–Crippen LogP) is 4.26. The maximum Gasteiger partial charge on any atom is 0.274 e. The second kappa shape index (κ2) is 9.54. The number of nitrogens with one attached hydrogen (secondary N) is 2. The number of aryl methyl sites for hydroxylation is 2. The third kappa shape index (κ3) is 4.80. The van der Waals surface area contributed by atoms with Gasteiger partial charge in [-0.1, -0.05) is 0 Å². The fraction of sp³-hybridized carbons (Fsp3) is 0.407. The lowest BCUT2D eigenvalue weighted by molar-refractivity contribution is 0.0934. The Hall–Kier alpha value is -3.46. The summed E-state index contributed by atoms with van der Waals surface area (Å²) in [7, 11) is 0. The van der Waals surface area contributed by atoms with Crippen LogP contribution < -0.4 is 15.5 Å². The highest BCUT2D eigenvalue weighted by Gasteiger charge is 2.42. The summed E-state index contributed by atoms with van der Waals surface area (Å²) < 4.78 is 28.3. The highest BCUT2D eigenvalue weighted by molar-refractivity contribution is 6.01. The number of pyridine rings is 1. The number of benzene rings is 1. The molecule has 188 valence electrons. The van der Waals surface area contributed by atoms with E-state index in [-0.39, 0.29) is 17.3 Å². The van der Waals surface area contributed by atoms with Crippen LogP contribution in [-0.2, 0) is 0 Å². The van der Waals surface area contributed by atoms with Gasteiger partial charge in [-0.05, 0) is 82.0 Å². The molecule has 0 radical (unpaired) electrons. The van der Waals surface area contributed by atoms with Gasteiger partial charge in [-0.2, -0.15) is 5.10 Å². The number of aromatic nitrogens is 3. The van der Waals surface area contributed by atoms with Crippen LogP contribution in [-0.4, -0.2) is 46.3 Å². The summed E-state index contributed by atoms with van der Waals surface area (Å²) in [5, 5.41) is 14.9. The molecular formula is C27H30F2N6O. The second-order valence-electron chi connectivity index (χ2n) is 9.97. The molecule has 9 heteroatoms. The average Bonchev–Trinajstić information content (AvgIpc) is 3.46. The number of anilines is 1. The van der Waals surface area contributed by atoms with E-state index in [2.05, 4.69) is 30.7 Å². The van der Waals surface area contributed by atoms with E-state index in [0.29, 0.717) is 29.9 Å². The fourth-order valence-electron chi connectivity index (χ4n) is 5.52. The van der Waals surface area contributed by atoms with Crippen molar-refractivity contribution in [1.29, 1.82) is 0 Å². The normalized spacial score (nSPS) is 20.2. The van der Waals surface area contributed by atoms with Crippen LogP contribution in [0.5, 0.6) is 0 Å². The number of halogens is 2. The molecule has 2 saturated heterocycles. The quantitative estimate of drug-likeness (QED) is 0.554. The third-order valence-electron chi connectivity index (χ3n) is 7.17.